The Hall–Kier alpha value is -1.60. The van der Waals surface area contributed by atoms with Crippen molar-refractivity contribution in [1.29, 1.82) is 0 Å². The first-order chi connectivity index (χ1) is 31.7. The van der Waals surface area contributed by atoms with E-state index in [2.05, 4.69) is 19.2 Å². The Morgan fingerprint density at radius 3 is 1.43 bits per heavy atom. The number of carbonyl (C=O) groups excluding carboxylic acids is 2. The highest BCUT2D eigenvalue weighted by molar-refractivity contribution is 5.76. The monoisotopic (exact) mass is 926 g/mol. The molecule has 0 aromatic carbocycles. The number of hydrogen-bond donors (Lipinski definition) is 6. The summed E-state index contributed by atoms with van der Waals surface area (Å²) in [7, 11) is 0. The lowest BCUT2D eigenvalue weighted by atomic mass is 9.99. The van der Waals surface area contributed by atoms with Gasteiger partial charge in [0.2, 0.25) is 5.91 Å². The van der Waals surface area contributed by atoms with Crippen molar-refractivity contribution in [2.75, 3.05) is 19.8 Å². The zero-order chi connectivity index (χ0) is 47.4. The van der Waals surface area contributed by atoms with Crippen LogP contribution in [0.3, 0.4) is 0 Å². The van der Waals surface area contributed by atoms with E-state index in [1.165, 1.54) is 161 Å². The van der Waals surface area contributed by atoms with E-state index in [-0.39, 0.29) is 18.5 Å². The van der Waals surface area contributed by atoms with Crippen molar-refractivity contribution in [3.63, 3.8) is 0 Å². The van der Waals surface area contributed by atoms with Gasteiger partial charge in [0.1, 0.15) is 24.4 Å². The van der Waals surface area contributed by atoms with E-state index in [1.54, 1.807) is 6.08 Å². The number of rotatable bonds is 47. The number of aliphatic hydroxyl groups excluding tert-OH is 5. The van der Waals surface area contributed by atoms with Gasteiger partial charge in [-0.1, -0.05) is 225 Å². The molecular weight excluding hydrogens is 823 g/mol. The molecule has 1 heterocycles. The number of nitrogens with one attached hydrogen (secondary N) is 1. The van der Waals surface area contributed by atoms with Crippen LogP contribution in [0.1, 0.15) is 258 Å². The number of carbonyl (C=O) groups is 2. The van der Waals surface area contributed by atoms with Crippen LogP contribution in [-0.4, -0.2) is 100 Å². The topological polar surface area (TPSA) is 175 Å². The summed E-state index contributed by atoms with van der Waals surface area (Å²) in [5.41, 5.74) is 0. The van der Waals surface area contributed by atoms with Crippen molar-refractivity contribution in [3.05, 3.63) is 12.2 Å². The van der Waals surface area contributed by atoms with Gasteiger partial charge in [0.05, 0.1) is 32.0 Å². The Kier molecular flexibility index (Phi) is 42.4. The van der Waals surface area contributed by atoms with Crippen LogP contribution < -0.4 is 5.32 Å². The van der Waals surface area contributed by atoms with Crippen LogP contribution in [-0.2, 0) is 23.8 Å². The van der Waals surface area contributed by atoms with Gasteiger partial charge in [-0.15, -0.1) is 0 Å². The summed E-state index contributed by atoms with van der Waals surface area (Å²) in [5, 5.41) is 54.3. The number of esters is 1. The van der Waals surface area contributed by atoms with Crippen molar-refractivity contribution >= 4 is 11.9 Å². The highest BCUT2D eigenvalue weighted by Gasteiger charge is 2.44. The molecule has 7 atom stereocenters. The van der Waals surface area contributed by atoms with Crippen molar-refractivity contribution in [2.24, 2.45) is 0 Å². The largest absolute Gasteiger partial charge is 0.466 e. The van der Waals surface area contributed by atoms with Crippen LogP contribution in [0.15, 0.2) is 12.2 Å². The highest BCUT2D eigenvalue weighted by Crippen LogP contribution is 2.23. The molecule has 0 radical (unpaired) electrons. The summed E-state index contributed by atoms with van der Waals surface area (Å²) >= 11 is 0. The first-order valence-corrected chi connectivity index (χ1v) is 27.5. The predicted molar refractivity (Wildman–Crippen MR) is 265 cm³/mol. The van der Waals surface area contributed by atoms with Gasteiger partial charge in [-0.25, -0.2) is 0 Å². The Labute approximate surface area is 398 Å². The number of aliphatic hydroxyl groups is 5. The molecule has 0 aliphatic carbocycles. The molecule has 65 heavy (non-hydrogen) atoms. The summed E-state index contributed by atoms with van der Waals surface area (Å²) < 4.78 is 16.7. The van der Waals surface area contributed by atoms with Gasteiger partial charge in [0.15, 0.2) is 6.29 Å². The Balaban J connectivity index is 2.21. The van der Waals surface area contributed by atoms with Gasteiger partial charge in [-0.3, -0.25) is 9.59 Å². The SMILES string of the molecule is CCCCCCCCCCCCCCC/C=C/C(O)C(COC1OC(CO)C(O)C(O)C1O)NC(=O)CCCCCCCCCCCCCOC(=O)CCCCCCCCCCCCC. The van der Waals surface area contributed by atoms with Crippen LogP contribution >= 0.6 is 0 Å². The average Bonchev–Trinajstić information content (AvgIpc) is 3.30. The molecule has 1 amide bonds. The minimum Gasteiger partial charge on any atom is -0.466 e. The van der Waals surface area contributed by atoms with Gasteiger partial charge >= 0.3 is 5.97 Å². The van der Waals surface area contributed by atoms with E-state index < -0.39 is 49.5 Å². The van der Waals surface area contributed by atoms with E-state index in [9.17, 15) is 35.1 Å². The highest BCUT2D eigenvalue weighted by atomic mass is 16.7. The molecule has 1 fully saturated rings. The van der Waals surface area contributed by atoms with Gasteiger partial charge in [0.25, 0.3) is 0 Å². The van der Waals surface area contributed by atoms with E-state index in [0.717, 1.165) is 70.6 Å². The quantitative estimate of drug-likeness (QED) is 0.0196. The maximum atomic E-state index is 13.0. The minimum atomic E-state index is -1.58. The third kappa shape index (κ3) is 35.2. The normalized spacial score (nSPS) is 19.8. The first kappa shape index (κ1) is 61.4. The smallest absolute Gasteiger partial charge is 0.305 e. The van der Waals surface area contributed by atoms with Crippen LogP contribution in [0.5, 0.6) is 0 Å². The summed E-state index contributed by atoms with van der Waals surface area (Å²) in [6, 6.07) is -0.822. The van der Waals surface area contributed by atoms with Gasteiger partial charge in [0, 0.05) is 12.8 Å². The standard InChI is InChI=1S/C54H103NO10/c1-3-5-7-9-11-13-15-16-17-18-21-24-28-32-36-40-47(57)46(45-64-54-53(62)52(61)51(60)48(44-56)65-54)55-49(58)41-37-33-29-25-22-19-23-27-31-35-39-43-63-50(59)42-38-34-30-26-20-14-12-10-8-6-4-2/h36,40,46-48,51-54,56-57,60-62H,3-35,37-39,41-45H2,1-2H3,(H,55,58)/b40-36+. The number of hydrogen-bond acceptors (Lipinski definition) is 10. The average molecular weight is 926 g/mol. The van der Waals surface area contributed by atoms with Crippen molar-refractivity contribution in [3.8, 4) is 0 Å². The first-order valence-electron chi connectivity index (χ1n) is 27.5. The van der Waals surface area contributed by atoms with E-state index >= 15 is 0 Å². The molecule has 0 spiro atoms. The van der Waals surface area contributed by atoms with Crippen LogP contribution in [0.2, 0.25) is 0 Å². The lowest BCUT2D eigenvalue weighted by Crippen LogP contribution is -2.60. The summed E-state index contributed by atoms with van der Waals surface area (Å²) in [6.45, 7) is 4.28. The third-order valence-electron chi connectivity index (χ3n) is 13.2. The molecule has 1 aliphatic heterocycles. The fraction of sp³-hybridized carbons (Fsp3) is 0.926. The fourth-order valence-corrected chi connectivity index (χ4v) is 8.73. The number of allylic oxidation sites excluding steroid dienone is 1. The number of amides is 1. The van der Waals surface area contributed by atoms with Crippen LogP contribution in [0, 0.1) is 0 Å². The fourth-order valence-electron chi connectivity index (χ4n) is 8.73. The Morgan fingerprint density at radius 2 is 0.969 bits per heavy atom. The van der Waals surface area contributed by atoms with E-state index in [0.29, 0.717) is 19.4 Å². The molecule has 1 aliphatic rings. The lowest BCUT2D eigenvalue weighted by Gasteiger charge is -2.40. The second-order valence-electron chi connectivity index (χ2n) is 19.3. The second-order valence-corrected chi connectivity index (χ2v) is 19.3. The molecule has 7 unspecified atom stereocenters. The maximum absolute atomic E-state index is 13.0. The van der Waals surface area contributed by atoms with Gasteiger partial charge in [-0.05, 0) is 32.1 Å². The van der Waals surface area contributed by atoms with Crippen molar-refractivity contribution in [2.45, 2.75) is 301 Å². The molecule has 1 rings (SSSR count). The molecule has 11 heteroatoms. The lowest BCUT2D eigenvalue weighted by molar-refractivity contribution is -0.302. The molecule has 0 aromatic heterocycles. The van der Waals surface area contributed by atoms with Crippen molar-refractivity contribution in [1.82, 2.24) is 5.32 Å². The molecule has 11 nitrogen and oxygen atoms in total. The zero-order valence-electron chi connectivity index (χ0n) is 42.0. The zero-order valence-corrected chi connectivity index (χ0v) is 42.0. The number of unbranched alkanes of at least 4 members (excludes halogenated alkanes) is 33. The van der Waals surface area contributed by atoms with Crippen molar-refractivity contribution < 1.29 is 49.3 Å². The number of ether oxygens (including phenoxy) is 3. The molecule has 1 saturated heterocycles. The Morgan fingerprint density at radius 1 is 0.554 bits per heavy atom. The summed E-state index contributed by atoms with van der Waals surface area (Å²) in [5.74, 6) is -0.238. The molecule has 384 valence electrons. The predicted octanol–water partition coefficient (Wildman–Crippen LogP) is 11.6. The molecule has 0 bridgehead atoms. The van der Waals surface area contributed by atoms with E-state index in [4.69, 9.17) is 14.2 Å². The van der Waals surface area contributed by atoms with Crippen LogP contribution in [0.25, 0.3) is 0 Å². The third-order valence-corrected chi connectivity index (χ3v) is 13.2. The Bertz CT molecular complexity index is 1090. The molecule has 0 aromatic rings. The molecule has 6 N–H and O–H groups in total. The van der Waals surface area contributed by atoms with E-state index in [1.807, 2.05) is 6.08 Å². The van der Waals surface area contributed by atoms with Crippen LogP contribution in [0.4, 0.5) is 0 Å². The summed E-state index contributed by atoms with van der Waals surface area (Å²) in [4.78, 5) is 25.1. The van der Waals surface area contributed by atoms with Gasteiger partial charge < -0.3 is 45.1 Å². The van der Waals surface area contributed by atoms with Gasteiger partial charge in [-0.2, -0.15) is 0 Å². The minimum absolute atomic E-state index is 0.0394. The molecule has 0 saturated carbocycles. The maximum Gasteiger partial charge on any atom is 0.305 e. The second kappa shape index (κ2) is 44.9. The molecular formula is C54H103NO10. The summed E-state index contributed by atoms with van der Waals surface area (Å²) in [6.07, 6.45) is 39.9.